The van der Waals surface area contributed by atoms with Crippen molar-refractivity contribution in [2.24, 2.45) is 0 Å². The lowest BCUT2D eigenvalue weighted by Gasteiger charge is -2.07. The van der Waals surface area contributed by atoms with Crippen LogP contribution in [0.2, 0.25) is 5.02 Å². The number of hydrogen-bond donors (Lipinski definition) is 1. The van der Waals surface area contributed by atoms with Crippen molar-refractivity contribution in [3.05, 3.63) is 51.3 Å². The summed E-state index contributed by atoms with van der Waals surface area (Å²) in [6.07, 6.45) is 0. The Morgan fingerprint density at radius 2 is 2.11 bits per heavy atom. The van der Waals surface area contributed by atoms with Crippen LogP contribution in [0.15, 0.2) is 30.3 Å². The average molecular weight is 284 g/mol. The lowest BCUT2D eigenvalue weighted by Crippen LogP contribution is -2.00. The first-order chi connectivity index (χ1) is 8.99. The second-order valence-electron chi connectivity index (χ2n) is 3.47. The van der Waals surface area contributed by atoms with Crippen LogP contribution in [-0.4, -0.2) is 9.91 Å². The van der Waals surface area contributed by atoms with Crippen LogP contribution in [0.25, 0.3) is 0 Å². The molecule has 19 heavy (non-hydrogen) atoms. The van der Waals surface area contributed by atoms with Gasteiger partial charge in [-0.15, -0.1) is 0 Å². The molecule has 6 nitrogen and oxygen atoms in total. The van der Waals surface area contributed by atoms with E-state index in [0.717, 1.165) is 6.07 Å². The Morgan fingerprint density at radius 1 is 1.37 bits per heavy atom. The van der Waals surface area contributed by atoms with E-state index in [1.807, 2.05) is 0 Å². The molecule has 0 fully saturated rings. The van der Waals surface area contributed by atoms with Gasteiger partial charge in [0.1, 0.15) is 5.82 Å². The minimum atomic E-state index is -0.831. The van der Waals surface area contributed by atoms with E-state index in [9.17, 15) is 14.5 Å². The summed E-state index contributed by atoms with van der Waals surface area (Å²) in [7, 11) is 0. The number of ether oxygens (including phenoxy) is 1. The number of halogens is 2. The van der Waals surface area contributed by atoms with E-state index >= 15 is 0 Å². The monoisotopic (exact) mass is 283 g/mol. The van der Waals surface area contributed by atoms with Crippen molar-refractivity contribution in [1.29, 1.82) is 0 Å². The molecule has 0 amide bonds. The summed E-state index contributed by atoms with van der Waals surface area (Å²) in [5, 5.41) is 10.6. The molecule has 0 aliphatic heterocycles. The summed E-state index contributed by atoms with van der Waals surface area (Å²) in [4.78, 5) is 13.8. The Balaban J connectivity index is 2.45. The van der Waals surface area contributed by atoms with Crippen LogP contribution in [0.5, 0.6) is 11.6 Å². The van der Waals surface area contributed by atoms with Gasteiger partial charge in [-0.05, 0) is 18.2 Å². The summed E-state index contributed by atoms with van der Waals surface area (Å²) >= 11 is 5.58. The summed E-state index contributed by atoms with van der Waals surface area (Å²) in [5.41, 5.74) is 4.99. The van der Waals surface area contributed by atoms with Gasteiger partial charge in [0.2, 0.25) is 0 Å². The normalized spacial score (nSPS) is 10.2. The molecule has 2 aromatic rings. The lowest BCUT2D eigenvalue weighted by atomic mass is 10.3. The van der Waals surface area contributed by atoms with Crippen molar-refractivity contribution in [3.8, 4) is 11.6 Å². The number of rotatable bonds is 3. The van der Waals surface area contributed by atoms with Crippen LogP contribution in [0.1, 0.15) is 0 Å². The van der Waals surface area contributed by atoms with Gasteiger partial charge in [0, 0.05) is 6.07 Å². The molecular formula is C11H7ClFN3O3. The molecule has 1 aromatic carbocycles. The number of aromatic nitrogens is 1. The number of anilines is 1. The Bertz CT molecular complexity index is 651. The first-order valence-electron chi connectivity index (χ1n) is 5.02. The fourth-order valence-electron chi connectivity index (χ4n) is 1.33. The minimum absolute atomic E-state index is 0.0167. The highest BCUT2D eigenvalue weighted by molar-refractivity contribution is 6.30. The maximum Gasteiger partial charge on any atom is 0.331 e. The molecule has 1 heterocycles. The number of nitrogen functional groups attached to an aromatic ring is 1. The SMILES string of the molecule is Nc1ccc([N+](=O)[O-])c(Oc2cccc(Cl)c2F)n1. The summed E-state index contributed by atoms with van der Waals surface area (Å²) in [6.45, 7) is 0. The van der Waals surface area contributed by atoms with Crippen LogP contribution in [-0.2, 0) is 0 Å². The second-order valence-corrected chi connectivity index (χ2v) is 3.88. The number of hydrogen-bond acceptors (Lipinski definition) is 5. The predicted octanol–water partition coefficient (Wildman–Crippen LogP) is 3.16. The molecule has 0 aliphatic carbocycles. The first kappa shape index (κ1) is 13.0. The molecule has 0 spiro atoms. The highest BCUT2D eigenvalue weighted by Gasteiger charge is 2.19. The predicted molar refractivity (Wildman–Crippen MR) is 66.8 cm³/mol. The van der Waals surface area contributed by atoms with E-state index in [0.29, 0.717) is 0 Å². The van der Waals surface area contributed by atoms with Crippen LogP contribution in [0.4, 0.5) is 15.9 Å². The molecule has 0 atom stereocenters. The largest absolute Gasteiger partial charge is 0.430 e. The maximum atomic E-state index is 13.6. The second kappa shape index (κ2) is 5.07. The molecule has 8 heteroatoms. The van der Waals surface area contributed by atoms with Crippen LogP contribution >= 0.6 is 11.6 Å². The molecule has 1 aromatic heterocycles. The van der Waals surface area contributed by atoms with Crippen molar-refractivity contribution >= 4 is 23.1 Å². The van der Waals surface area contributed by atoms with Gasteiger partial charge in [0.25, 0.3) is 0 Å². The molecular weight excluding hydrogens is 277 g/mol. The zero-order valence-corrected chi connectivity index (χ0v) is 10.1. The van der Waals surface area contributed by atoms with Crippen molar-refractivity contribution in [2.45, 2.75) is 0 Å². The smallest absolute Gasteiger partial charge is 0.331 e. The number of nitrogens with two attached hydrogens (primary N) is 1. The van der Waals surface area contributed by atoms with Gasteiger partial charge >= 0.3 is 11.6 Å². The summed E-state index contributed by atoms with van der Waals surface area (Å²) in [6, 6.07) is 6.42. The van der Waals surface area contributed by atoms with Crippen LogP contribution in [0.3, 0.4) is 0 Å². The zero-order valence-electron chi connectivity index (χ0n) is 9.34. The van der Waals surface area contributed by atoms with Crippen molar-refractivity contribution < 1.29 is 14.1 Å². The topological polar surface area (TPSA) is 91.3 Å². The first-order valence-corrected chi connectivity index (χ1v) is 5.39. The number of nitrogens with zero attached hydrogens (tertiary/aromatic N) is 2. The van der Waals surface area contributed by atoms with E-state index in [1.165, 1.54) is 24.3 Å². The molecule has 2 rings (SSSR count). The van der Waals surface area contributed by atoms with E-state index in [2.05, 4.69) is 4.98 Å². The number of nitro groups is 1. The Hall–Kier alpha value is -2.41. The zero-order chi connectivity index (χ0) is 14.0. The van der Waals surface area contributed by atoms with E-state index in [4.69, 9.17) is 22.1 Å². The van der Waals surface area contributed by atoms with E-state index in [-0.39, 0.29) is 16.6 Å². The molecule has 0 saturated carbocycles. The molecule has 0 radical (unpaired) electrons. The fraction of sp³-hybridized carbons (Fsp3) is 0. The molecule has 2 N–H and O–H groups in total. The standard InChI is InChI=1S/C11H7ClFN3O3/c12-6-2-1-3-8(10(6)13)19-11-7(16(17)18)4-5-9(14)15-11/h1-5H,(H2,14,15). The maximum absolute atomic E-state index is 13.6. The Morgan fingerprint density at radius 3 is 2.79 bits per heavy atom. The lowest BCUT2D eigenvalue weighted by molar-refractivity contribution is -0.386. The molecule has 0 unspecified atom stereocenters. The number of benzene rings is 1. The highest BCUT2D eigenvalue weighted by atomic mass is 35.5. The van der Waals surface area contributed by atoms with Gasteiger partial charge in [0.05, 0.1) is 9.95 Å². The quantitative estimate of drug-likeness (QED) is 0.690. The Labute approximate surface area is 111 Å². The Kier molecular flexibility index (Phi) is 3.48. The minimum Gasteiger partial charge on any atom is -0.430 e. The van der Waals surface area contributed by atoms with Crippen LogP contribution < -0.4 is 10.5 Å². The summed E-state index contributed by atoms with van der Waals surface area (Å²) in [5.74, 6) is -1.48. The van der Waals surface area contributed by atoms with Gasteiger partial charge < -0.3 is 10.5 Å². The highest BCUT2D eigenvalue weighted by Crippen LogP contribution is 2.33. The van der Waals surface area contributed by atoms with Crippen molar-refractivity contribution in [1.82, 2.24) is 4.98 Å². The molecule has 0 bridgehead atoms. The van der Waals surface area contributed by atoms with Gasteiger partial charge in [0.15, 0.2) is 11.6 Å². The van der Waals surface area contributed by atoms with Gasteiger partial charge in [-0.1, -0.05) is 17.7 Å². The third-order valence-electron chi connectivity index (χ3n) is 2.18. The fourth-order valence-corrected chi connectivity index (χ4v) is 1.49. The average Bonchev–Trinajstić information content (AvgIpc) is 2.35. The van der Waals surface area contributed by atoms with E-state index < -0.39 is 22.3 Å². The van der Waals surface area contributed by atoms with Crippen molar-refractivity contribution in [2.75, 3.05) is 5.73 Å². The summed E-state index contributed by atoms with van der Waals surface area (Å²) < 4.78 is 18.7. The third-order valence-corrected chi connectivity index (χ3v) is 2.47. The van der Waals surface area contributed by atoms with Gasteiger partial charge in [-0.25, -0.2) is 4.39 Å². The molecule has 98 valence electrons. The van der Waals surface area contributed by atoms with Crippen LogP contribution in [0, 0.1) is 15.9 Å². The van der Waals surface area contributed by atoms with Gasteiger partial charge in [-0.2, -0.15) is 4.98 Å². The van der Waals surface area contributed by atoms with Crippen molar-refractivity contribution in [3.63, 3.8) is 0 Å². The molecule has 0 aliphatic rings. The van der Waals surface area contributed by atoms with E-state index in [1.54, 1.807) is 0 Å². The van der Waals surface area contributed by atoms with Gasteiger partial charge in [-0.3, -0.25) is 10.1 Å². The number of pyridine rings is 1. The third kappa shape index (κ3) is 2.71. The molecule has 0 saturated heterocycles.